The third-order valence-electron chi connectivity index (χ3n) is 18.6. The summed E-state index contributed by atoms with van der Waals surface area (Å²) in [6.07, 6.45) is 62.9. The van der Waals surface area contributed by atoms with E-state index in [1.165, 1.54) is 270 Å². The van der Waals surface area contributed by atoms with Gasteiger partial charge in [0.1, 0.15) is 5.75 Å². The number of anilines is 1. The van der Waals surface area contributed by atoms with Crippen LogP contribution in [0.5, 0.6) is 5.75 Å². The summed E-state index contributed by atoms with van der Waals surface area (Å²) in [5.74, 6) is -3.56. The third-order valence-corrected chi connectivity index (χ3v) is 19.3. The molecule has 0 radical (unpaired) electrons. The first-order valence-electron chi connectivity index (χ1n) is 42.5. The fourth-order valence-electron chi connectivity index (χ4n) is 12.1. The molecule has 1 aliphatic heterocycles. The lowest BCUT2D eigenvalue weighted by Crippen LogP contribution is -2.55. The van der Waals surface area contributed by atoms with Crippen LogP contribution in [0.4, 0.5) is 10.5 Å². The first-order chi connectivity index (χ1) is 51.1. The Balaban J connectivity index is 0.00000164. The fraction of sp³-hybridized carbons (Fsp3) is 0.764. The zero-order valence-corrected chi connectivity index (χ0v) is 70.2. The molecule has 17 heteroatoms. The topological polar surface area (TPSA) is 218 Å². The first-order valence-corrected chi connectivity index (χ1v) is 43.5. The Hall–Kier alpha value is -5.47. The number of ether oxygens (including phenoxy) is 5. The minimum Gasteiger partial charge on any atom is -0.489 e. The van der Waals surface area contributed by atoms with Crippen molar-refractivity contribution in [1.82, 2.24) is 4.90 Å². The number of benzene rings is 2. The van der Waals surface area contributed by atoms with Crippen LogP contribution in [0.1, 0.15) is 416 Å². The summed E-state index contributed by atoms with van der Waals surface area (Å²) in [5, 5.41) is 11.3. The second-order valence-corrected chi connectivity index (χ2v) is 31.4. The molecule has 0 saturated carbocycles. The molecule has 1 atom stereocenters. The molecule has 2 aromatic rings. The smallest absolute Gasteiger partial charge is 0.418 e. The number of hydrogen-bond acceptors (Lipinski definition) is 14. The number of ketones is 1. The maximum absolute atomic E-state index is 13.7. The first kappa shape index (κ1) is 101. The molecule has 1 unspecified atom stereocenters. The van der Waals surface area contributed by atoms with Crippen molar-refractivity contribution in [2.24, 2.45) is 5.41 Å². The number of aliphatic hydroxyl groups is 1. The molecule has 16 nitrogen and oxygen atoms in total. The Morgan fingerprint density at radius 3 is 1.16 bits per heavy atom. The van der Waals surface area contributed by atoms with Crippen LogP contribution in [-0.4, -0.2) is 102 Å². The standard InChI is InChI=1S/C38H60N2O8.C30H50O4.C18H36O.C3H7OP/c1-9-10-11-12-13-14-15-16-17-18-19-20-21-22-25-46-34(43)28-23-24-30(47-27(2)3)29(26-28)39-33(42)31(32(41)37(4,5)6)40-35(44)38(7,8)48-36(40)45;1-3-5-7-9-11-13-15-17-21-25-33-29(31)27-23-19-20-24-28(27)30(32)34-26-22-18-16-14-12-10-8-6-4-2;1-2-3-4-5-6-7-8-9-10-11-12-13-14-15-16-17-18-19;1-2-3-5-4/h23-24,26-27,31H,9-22,25H2,1-8H3,(H,39,42);19-20,23-24H,3-18,21-22,25-26H2,1-2H3;9-10,19H,2-8,11-18H2,1H3;2-3H2,1H3. The van der Waals surface area contributed by atoms with Crippen LogP contribution in [-0.2, 0) is 37.9 Å². The van der Waals surface area contributed by atoms with E-state index in [2.05, 4.69) is 45.2 Å². The number of hydrogen-bond donors (Lipinski definition) is 2. The van der Waals surface area contributed by atoms with Crippen LogP contribution in [0, 0.1) is 5.41 Å². The van der Waals surface area contributed by atoms with Crippen LogP contribution in [0.25, 0.3) is 0 Å². The number of carbonyl (C=O) groups excluding carboxylic acids is 7. The van der Waals surface area contributed by atoms with Crippen molar-refractivity contribution in [3.8, 4) is 5.75 Å². The number of nitrogens with zero attached hydrogens (tertiary/aromatic N) is 1. The molecular weight excluding hydrogens is 1350 g/mol. The van der Waals surface area contributed by atoms with E-state index in [-0.39, 0.29) is 38.2 Å². The van der Waals surface area contributed by atoms with Crippen molar-refractivity contribution in [2.75, 3.05) is 37.9 Å². The third kappa shape index (κ3) is 51.8. The summed E-state index contributed by atoms with van der Waals surface area (Å²) in [7, 11) is 0.280. The summed E-state index contributed by atoms with van der Waals surface area (Å²) >= 11 is 0. The fourth-order valence-corrected chi connectivity index (χ4v) is 12.3. The number of carbonyl (C=O) groups is 7. The van der Waals surface area contributed by atoms with Crippen molar-refractivity contribution in [2.45, 2.75) is 403 Å². The number of amides is 3. The van der Waals surface area contributed by atoms with Gasteiger partial charge < -0.3 is 34.1 Å². The van der Waals surface area contributed by atoms with E-state index in [0.29, 0.717) is 35.8 Å². The summed E-state index contributed by atoms with van der Waals surface area (Å²) < 4.78 is 36.9. The molecule has 2 aromatic carbocycles. The van der Waals surface area contributed by atoms with E-state index < -0.39 is 58.7 Å². The van der Waals surface area contributed by atoms with Gasteiger partial charge in [-0.15, -0.1) is 0 Å². The van der Waals surface area contributed by atoms with Crippen LogP contribution in [0.2, 0.25) is 0 Å². The maximum atomic E-state index is 13.7. The predicted octanol–water partition coefficient (Wildman–Crippen LogP) is 25.6. The number of rotatable bonds is 61. The molecule has 1 aliphatic rings. The van der Waals surface area contributed by atoms with Gasteiger partial charge in [0.05, 0.1) is 48.3 Å². The Labute approximate surface area is 647 Å². The second kappa shape index (κ2) is 67.6. The van der Waals surface area contributed by atoms with Gasteiger partial charge in [-0.25, -0.2) is 24.1 Å². The molecule has 608 valence electrons. The number of allylic oxidation sites excluding steroid dienone is 2. The zero-order chi connectivity index (χ0) is 78.7. The number of esters is 3. The minimum atomic E-state index is -1.80. The molecule has 3 amide bonds. The highest BCUT2D eigenvalue weighted by molar-refractivity contribution is 7.23. The number of Topliss-reactive ketones (excluding diaryl/α,β-unsaturated/α-hetero) is 1. The molecule has 0 spiro atoms. The van der Waals surface area contributed by atoms with Gasteiger partial charge in [-0.05, 0) is 116 Å². The normalized spacial score (nSPS) is 12.8. The van der Waals surface area contributed by atoms with Gasteiger partial charge in [-0.2, -0.15) is 0 Å². The highest BCUT2D eigenvalue weighted by Gasteiger charge is 2.55. The van der Waals surface area contributed by atoms with Crippen molar-refractivity contribution in [3.05, 3.63) is 71.3 Å². The van der Waals surface area contributed by atoms with Crippen molar-refractivity contribution in [3.63, 3.8) is 0 Å². The van der Waals surface area contributed by atoms with Crippen molar-refractivity contribution >= 4 is 55.7 Å². The number of cyclic esters (lactones) is 1. The van der Waals surface area contributed by atoms with Gasteiger partial charge in [0, 0.05) is 18.2 Å². The lowest BCUT2D eigenvalue weighted by molar-refractivity contribution is -0.145. The number of aliphatic hydroxyl groups excluding tert-OH is 1. The summed E-state index contributed by atoms with van der Waals surface area (Å²) in [6.45, 7) is 23.6. The average molecular weight is 1510 g/mol. The SMILES string of the molecule is CCCCCCCCC=CCCCCCCCCO.CCCCCCCCCCCCCCCCOC(=O)c1ccc(OC(C)C)c(NC(=O)C(C(=O)C(C)(C)C)N2C(=O)OC(C)(C)C2=O)c1.CCCCCCCCCCCOC(=O)c1ccccc1C(=O)OCCCCCCCCCCC.CCCP=O. The molecule has 0 bridgehead atoms. The molecular formula is C89H153N2O14P. The van der Waals surface area contributed by atoms with Crippen LogP contribution in [0.15, 0.2) is 54.6 Å². The lowest BCUT2D eigenvalue weighted by Gasteiger charge is -2.28. The molecule has 1 heterocycles. The van der Waals surface area contributed by atoms with Crippen molar-refractivity contribution < 1.29 is 66.9 Å². The monoisotopic (exact) mass is 1510 g/mol. The molecule has 106 heavy (non-hydrogen) atoms. The van der Waals surface area contributed by atoms with E-state index in [1.54, 1.807) is 65.0 Å². The van der Waals surface area contributed by atoms with E-state index in [0.717, 1.165) is 63.9 Å². The predicted molar refractivity (Wildman–Crippen MR) is 438 cm³/mol. The van der Waals surface area contributed by atoms with Crippen molar-refractivity contribution in [1.29, 1.82) is 0 Å². The Kier molecular flexibility index (Phi) is 64.1. The van der Waals surface area contributed by atoms with E-state index in [4.69, 9.17) is 28.8 Å². The van der Waals surface area contributed by atoms with Crippen LogP contribution < -0.4 is 10.1 Å². The molecule has 2 N–H and O–H groups in total. The van der Waals surface area contributed by atoms with Gasteiger partial charge in [0.25, 0.3) is 11.8 Å². The van der Waals surface area contributed by atoms with E-state index in [1.807, 2.05) is 6.92 Å². The molecule has 1 fully saturated rings. The maximum Gasteiger partial charge on any atom is 0.418 e. The minimum absolute atomic E-state index is 0.102. The Morgan fingerprint density at radius 1 is 0.500 bits per heavy atom. The molecule has 1 saturated heterocycles. The zero-order valence-electron chi connectivity index (χ0n) is 69.3. The summed E-state index contributed by atoms with van der Waals surface area (Å²) in [5.41, 5.74) is -1.72. The number of imide groups is 1. The Morgan fingerprint density at radius 2 is 0.849 bits per heavy atom. The Bertz CT molecular complexity index is 2560. The van der Waals surface area contributed by atoms with Gasteiger partial charge >= 0.3 is 24.0 Å². The highest BCUT2D eigenvalue weighted by atomic mass is 31.1. The number of unbranched alkanes of at least 4 members (excludes halogenated alkanes) is 41. The van der Waals surface area contributed by atoms with E-state index in [9.17, 15) is 38.1 Å². The molecule has 0 aromatic heterocycles. The van der Waals surface area contributed by atoms with Crippen LogP contribution >= 0.6 is 8.46 Å². The second-order valence-electron chi connectivity index (χ2n) is 30.7. The quantitative estimate of drug-likeness (QED) is 0.0157. The lowest BCUT2D eigenvalue weighted by atomic mass is 9.85. The van der Waals surface area contributed by atoms with Crippen LogP contribution in [0.3, 0.4) is 0 Å². The van der Waals surface area contributed by atoms with Gasteiger partial charge in [-0.1, -0.05) is 324 Å². The number of nitrogens with one attached hydrogen (secondary N) is 1. The van der Waals surface area contributed by atoms with E-state index >= 15 is 0 Å². The molecule has 3 rings (SSSR count). The summed E-state index contributed by atoms with van der Waals surface area (Å²) in [6, 6.07) is 9.51. The highest BCUT2D eigenvalue weighted by Crippen LogP contribution is 2.33. The van der Waals surface area contributed by atoms with Gasteiger partial charge in [-0.3, -0.25) is 18.9 Å². The summed E-state index contributed by atoms with van der Waals surface area (Å²) in [4.78, 5) is 91.6. The largest absolute Gasteiger partial charge is 0.489 e. The van der Waals surface area contributed by atoms with Gasteiger partial charge in [0.15, 0.2) is 25.9 Å². The average Bonchev–Trinajstić information content (AvgIpc) is 1.60. The van der Waals surface area contributed by atoms with Gasteiger partial charge in [0.2, 0.25) is 0 Å². The molecule has 0 aliphatic carbocycles.